The van der Waals surface area contributed by atoms with Crippen LogP contribution >= 0.6 is 0 Å². The second-order valence-corrected chi connectivity index (χ2v) is 5.59. The number of fused-ring (bicyclic) bond motifs is 1. The van der Waals surface area contributed by atoms with Crippen molar-refractivity contribution in [3.8, 4) is 17.1 Å². The molecule has 0 atom stereocenters. The number of hydrogen-bond donors (Lipinski definition) is 2. The molecule has 0 unspecified atom stereocenters. The van der Waals surface area contributed by atoms with Crippen LogP contribution in [0.3, 0.4) is 0 Å². The molecule has 0 aliphatic carbocycles. The maximum atomic E-state index is 10.0. The summed E-state index contributed by atoms with van der Waals surface area (Å²) in [4.78, 5) is 14.4. The Morgan fingerprint density at radius 3 is 2.86 bits per heavy atom. The highest BCUT2D eigenvalue weighted by Crippen LogP contribution is 2.29. The fraction of sp³-hybridized carbons (Fsp3) is 0.294. The molecule has 3 aromatic rings. The topological polar surface area (TPSA) is 65.0 Å². The van der Waals surface area contributed by atoms with Crippen LogP contribution in [-0.2, 0) is 0 Å². The van der Waals surface area contributed by atoms with Gasteiger partial charge >= 0.3 is 0 Å². The Kier molecular flexibility index (Phi) is 3.71. The molecule has 0 aliphatic heterocycles. The van der Waals surface area contributed by atoms with Gasteiger partial charge in [-0.2, -0.15) is 0 Å². The summed E-state index contributed by atoms with van der Waals surface area (Å²) in [6.07, 6.45) is 2.86. The van der Waals surface area contributed by atoms with E-state index in [4.69, 9.17) is 0 Å². The average molecular weight is 296 g/mol. The summed E-state index contributed by atoms with van der Waals surface area (Å²) in [7, 11) is 2.03. The second kappa shape index (κ2) is 5.67. The third-order valence-corrected chi connectivity index (χ3v) is 3.71. The minimum absolute atomic E-state index is 0.223. The van der Waals surface area contributed by atoms with Crippen LogP contribution in [0.4, 0.5) is 5.82 Å². The molecule has 0 saturated heterocycles. The quantitative estimate of drug-likeness (QED) is 0.773. The molecular weight excluding hydrogens is 276 g/mol. The van der Waals surface area contributed by atoms with E-state index in [2.05, 4.69) is 26.8 Å². The lowest BCUT2D eigenvalue weighted by molar-refractivity contribution is 0.477. The van der Waals surface area contributed by atoms with Crippen LogP contribution in [0.1, 0.15) is 18.9 Å². The van der Waals surface area contributed by atoms with Crippen LogP contribution in [0, 0.1) is 6.92 Å². The number of phenolic OH excluding ortho intramolecular Hbond substituents is 1. The number of aromatic amines is 1. The zero-order valence-electron chi connectivity index (χ0n) is 13.1. The van der Waals surface area contributed by atoms with E-state index in [9.17, 15) is 5.11 Å². The number of anilines is 1. The van der Waals surface area contributed by atoms with Gasteiger partial charge < -0.3 is 15.0 Å². The number of rotatable bonds is 4. The van der Waals surface area contributed by atoms with Crippen molar-refractivity contribution in [3.05, 3.63) is 36.0 Å². The molecule has 0 saturated carbocycles. The minimum atomic E-state index is 0.223. The number of hydrogen-bond acceptors (Lipinski definition) is 4. The Balaban J connectivity index is 2.04. The monoisotopic (exact) mass is 296 g/mol. The number of aromatic hydroxyl groups is 1. The lowest BCUT2D eigenvalue weighted by Crippen LogP contribution is -2.18. The number of pyridine rings is 1. The summed E-state index contributed by atoms with van der Waals surface area (Å²) < 4.78 is 0. The van der Waals surface area contributed by atoms with Gasteiger partial charge in [-0.25, -0.2) is 9.97 Å². The van der Waals surface area contributed by atoms with E-state index in [-0.39, 0.29) is 5.75 Å². The standard InChI is InChI=1S/C17H20N4O/c1-4-7-21(3)16-9-13-14(10-18-16)20-17(19-13)12-8-11(2)5-6-15(12)22/h5-6,8-10,22H,4,7H2,1-3H3,(H,19,20). The van der Waals surface area contributed by atoms with Gasteiger partial charge in [-0.1, -0.05) is 18.6 Å². The summed E-state index contributed by atoms with van der Waals surface area (Å²) in [6, 6.07) is 7.46. The Hall–Kier alpha value is -2.56. The molecule has 1 aromatic carbocycles. The first kappa shape index (κ1) is 14.4. The van der Waals surface area contributed by atoms with Gasteiger partial charge in [0.05, 0.1) is 22.8 Å². The molecular formula is C17H20N4O. The maximum Gasteiger partial charge on any atom is 0.142 e. The van der Waals surface area contributed by atoms with Crippen molar-refractivity contribution in [2.75, 3.05) is 18.5 Å². The number of phenols is 1. The second-order valence-electron chi connectivity index (χ2n) is 5.59. The van der Waals surface area contributed by atoms with Crippen molar-refractivity contribution < 1.29 is 5.11 Å². The molecule has 0 bridgehead atoms. The number of aryl methyl sites for hydroxylation is 1. The Labute approximate surface area is 129 Å². The lowest BCUT2D eigenvalue weighted by Gasteiger charge is -2.16. The van der Waals surface area contributed by atoms with E-state index in [1.807, 2.05) is 32.2 Å². The van der Waals surface area contributed by atoms with E-state index in [1.54, 1.807) is 12.3 Å². The van der Waals surface area contributed by atoms with Gasteiger partial charge in [0.25, 0.3) is 0 Å². The minimum Gasteiger partial charge on any atom is -0.507 e. The maximum absolute atomic E-state index is 10.0. The van der Waals surface area contributed by atoms with Crippen LogP contribution in [0.25, 0.3) is 22.4 Å². The van der Waals surface area contributed by atoms with Gasteiger partial charge in [-0.05, 0) is 25.5 Å². The summed E-state index contributed by atoms with van der Waals surface area (Å²) >= 11 is 0. The molecule has 2 N–H and O–H groups in total. The number of H-pyrrole nitrogens is 1. The van der Waals surface area contributed by atoms with E-state index in [1.165, 1.54) is 0 Å². The summed E-state index contributed by atoms with van der Waals surface area (Å²) in [5.74, 6) is 1.79. The molecule has 22 heavy (non-hydrogen) atoms. The smallest absolute Gasteiger partial charge is 0.142 e. The van der Waals surface area contributed by atoms with Crippen LogP contribution in [0.15, 0.2) is 30.5 Å². The van der Waals surface area contributed by atoms with E-state index < -0.39 is 0 Å². The molecule has 0 amide bonds. The zero-order valence-corrected chi connectivity index (χ0v) is 13.1. The molecule has 0 aliphatic rings. The van der Waals surface area contributed by atoms with Crippen molar-refractivity contribution in [2.45, 2.75) is 20.3 Å². The van der Waals surface area contributed by atoms with Gasteiger partial charge in [0, 0.05) is 19.7 Å². The largest absolute Gasteiger partial charge is 0.507 e. The predicted molar refractivity (Wildman–Crippen MR) is 89.3 cm³/mol. The van der Waals surface area contributed by atoms with Gasteiger partial charge in [0.15, 0.2) is 0 Å². The van der Waals surface area contributed by atoms with Gasteiger partial charge in [-0.3, -0.25) is 0 Å². The number of aromatic nitrogens is 3. The van der Waals surface area contributed by atoms with Crippen LogP contribution < -0.4 is 4.90 Å². The molecule has 2 heterocycles. The number of benzene rings is 1. The van der Waals surface area contributed by atoms with Crippen molar-refractivity contribution in [3.63, 3.8) is 0 Å². The molecule has 114 valence electrons. The molecule has 0 fully saturated rings. The van der Waals surface area contributed by atoms with Crippen LogP contribution in [0.5, 0.6) is 5.75 Å². The highest BCUT2D eigenvalue weighted by molar-refractivity contribution is 5.82. The predicted octanol–water partition coefficient (Wildman–Crippen LogP) is 3.49. The van der Waals surface area contributed by atoms with Gasteiger partial charge in [0.1, 0.15) is 17.4 Å². The molecule has 3 rings (SSSR count). The van der Waals surface area contributed by atoms with Crippen LogP contribution in [-0.4, -0.2) is 33.7 Å². The summed E-state index contributed by atoms with van der Waals surface area (Å²) in [5.41, 5.74) is 3.50. The van der Waals surface area contributed by atoms with E-state index in [0.29, 0.717) is 11.4 Å². The van der Waals surface area contributed by atoms with Crippen LogP contribution in [0.2, 0.25) is 0 Å². The lowest BCUT2D eigenvalue weighted by atomic mass is 10.1. The highest BCUT2D eigenvalue weighted by atomic mass is 16.3. The molecule has 5 heteroatoms. The van der Waals surface area contributed by atoms with Crippen molar-refractivity contribution >= 4 is 16.9 Å². The summed E-state index contributed by atoms with van der Waals surface area (Å²) in [5, 5.41) is 10.0. The average Bonchev–Trinajstić information content (AvgIpc) is 2.92. The first-order chi connectivity index (χ1) is 10.6. The fourth-order valence-electron chi connectivity index (χ4n) is 2.52. The third-order valence-electron chi connectivity index (χ3n) is 3.71. The number of nitrogens with zero attached hydrogens (tertiary/aromatic N) is 3. The van der Waals surface area contributed by atoms with E-state index >= 15 is 0 Å². The zero-order chi connectivity index (χ0) is 15.7. The summed E-state index contributed by atoms with van der Waals surface area (Å²) in [6.45, 7) is 5.08. The first-order valence-electron chi connectivity index (χ1n) is 7.45. The Morgan fingerprint density at radius 2 is 2.09 bits per heavy atom. The van der Waals surface area contributed by atoms with Gasteiger partial charge in [0.2, 0.25) is 0 Å². The molecule has 0 radical (unpaired) electrons. The normalized spacial score (nSPS) is 11.0. The highest BCUT2D eigenvalue weighted by Gasteiger charge is 2.11. The number of nitrogens with one attached hydrogen (secondary N) is 1. The Bertz CT molecular complexity index is 810. The third kappa shape index (κ3) is 2.62. The molecule has 0 spiro atoms. The molecule has 2 aromatic heterocycles. The first-order valence-corrected chi connectivity index (χ1v) is 7.45. The SMILES string of the molecule is CCCN(C)c1cc2nc(-c3cc(C)ccc3O)[nH]c2cn1. The van der Waals surface area contributed by atoms with E-state index in [0.717, 1.165) is 35.4 Å². The number of imidazole rings is 1. The van der Waals surface area contributed by atoms with Gasteiger partial charge in [-0.15, -0.1) is 0 Å². The van der Waals surface area contributed by atoms with Crippen molar-refractivity contribution in [1.82, 2.24) is 15.0 Å². The van der Waals surface area contributed by atoms with Crippen molar-refractivity contribution in [2.24, 2.45) is 0 Å². The molecule has 5 nitrogen and oxygen atoms in total. The Morgan fingerprint density at radius 1 is 1.27 bits per heavy atom. The fourth-order valence-corrected chi connectivity index (χ4v) is 2.52. The van der Waals surface area contributed by atoms with Crippen molar-refractivity contribution in [1.29, 1.82) is 0 Å².